The molecule has 0 saturated carbocycles. The highest BCUT2D eigenvalue weighted by Gasteiger charge is 2.19. The number of nitrogens with one attached hydrogen (secondary N) is 2. The van der Waals surface area contributed by atoms with Crippen molar-refractivity contribution in [1.82, 2.24) is 4.98 Å². The number of anilines is 2. The number of rotatable bonds is 5. The van der Waals surface area contributed by atoms with Crippen molar-refractivity contribution in [2.45, 2.75) is 32.9 Å². The van der Waals surface area contributed by atoms with Crippen molar-refractivity contribution in [2.24, 2.45) is 0 Å². The van der Waals surface area contributed by atoms with E-state index in [0.717, 1.165) is 11.8 Å². The molecule has 2 rings (SSSR count). The van der Waals surface area contributed by atoms with Crippen LogP contribution in [0.25, 0.3) is 0 Å². The number of nitro groups is 1. The molecular weight excluding hydrogens is 324 g/mol. The number of carbonyl (C=O) groups is 1. The molecule has 0 unspecified atom stereocenters. The summed E-state index contributed by atoms with van der Waals surface area (Å²) >= 11 is 0. The highest BCUT2D eigenvalue weighted by molar-refractivity contribution is 5.85. The molecule has 0 radical (unpaired) electrons. The van der Waals surface area contributed by atoms with Crippen LogP contribution in [-0.2, 0) is 11.3 Å². The zero-order valence-corrected chi connectivity index (χ0v) is 14.3. The summed E-state index contributed by atoms with van der Waals surface area (Å²) < 4.78 is 5.14. The second-order valence-corrected chi connectivity index (χ2v) is 6.31. The molecule has 0 spiro atoms. The summed E-state index contributed by atoms with van der Waals surface area (Å²) in [5.41, 5.74) is 0.398. The molecular formula is C17H20N4O4. The van der Waals surface area contributed by atoms with Gasteiger partial charge < -0.3 is 10.1 Å². The first-order chi connectivity index (χ1) is 11.7. The predicted molar refractivity (Wildman–Crippen MR) is 94.5 cm³/mol. The Morgan fingerprint density at radius 3 is 2.56 bits per heavy atom. The molecule has 8 heteroatoms. The van der Waals surface area contributed by atoms with E-state index >= 15 is 0 Å². The molecule has 1 amide bonds. The fourth-order valence-electron chi connectivity index (χ4n) is 2.00. The number of pyridine rings is 1. The minimum absolute atomic E-state index is 0.162. The van der Waals surface area contributed by atoms with E-state index in [-0.39, 0.29) is 17.2 Å². The quantitative estimate of drug-likeness (QED) is 0.628. The zero-order chi connectivity index (χ0) is 18.4. The van der Waals surface area contributed by atoms with Crippen LogP contribution in [0.1, 0.15) is 26.3 Å². The topological polar surface area (TPSA) is 106 Å². The van der Waals surface area contributed by atoms with Gasteiger partial charge in [-0.3, -0.25) is 15.4 Å². The fraction of sp³-hybridized carbons (Fsp3) is 0.294. The monoisotopic (exact) mass is 344 g/mol. The van der Waals surface area contributed by atoms with Gasteiger partial charge in [0.15, 0.2) is 0 Å². The third-order valence-electron chi connectivity index (χ3n) is 3.03. The average molecular weight is 344 g/mol. The lowest BCUT2D eigenvalue weighted by atomic mass is 10.2. The van der Waals surface area contributed by atoms with Crippen LogP contribution in [0.15, 0.2) is 42.6 Å². The summed E-state index contributed by atoms with van der Waals surface area (Å²) in [7, 11) is 0. The largest absolute Gasteiger partial charge is 0.444 e. The first kappa shape index (κ1) is 18.2. The second-order valence-electron chi connectivity index (χ2n) is 6.31. The van der Waals surface area contributed by atoms with E-state index in [1.807, 2.05) is 30.3 Å². The van der Waals surface area contributed by atoms with E-state index in [0.29, 0.717) is 6.54 Å². The van der Waals surface area contributed by atoms with Gasteiger partial charge in [0, 0.05) is 12.6 Å². The van der Waals surface area contributed by atoms with Crippen LogP contribution in [0.3, 0.4) is 0 Å². The Morgan fingerprint density at radius 1 is 1.28 bits per heavy atom. The average Bonchev–Trinajstić information content (AvgIpc) is 2.52. The van der Waals surface area contributed by atoms with E-state index in [1.54, 1.807) is 20.8 Å². The number of ether oxygens (including phenoxy) is 1. The molecule has 0 fully saturated rings. The minimum Gasteiger partial charge on any atom is -0.444 e. The van der Waals surface area contributed by atoms with Gasteiger partial charge in [-0.2, -0.15) is 0 Å². The molecule has 1 aromatic carbocycles. The van der Waals surface area contributed by atoms with Crippen LogP contribution < -0.4 is 10.6 Å². The Labute approximate surface area is 145 Å². The van der Waals surface area contributed by atoms with Crippen LogP contribution in [0, 0.1) is 10.1 Å². The SMILES string of the molecule is CC(C)(C)OC(=O)Nc1cc(NCc2ccccc2)c([N+](=O)[O-])cn1. The highest BCUT2D eigenvalue weighted by Crippen LogP contribution is 2.26. The van der Waals surface area contributed by atoms with Gasteiger partial charge in [-0.25, -0.2) is 9.78 Å². The lowest BCUT2D eigenvalue weighted by molar-refractivity contribution is -0.384. The molecule has 2 aromatic rings. The van der Waals surface area contributed by atoms with E-state index < -0.39 is 16.6 Å². The van der Waals surface area contributed by atoms with Crippen molar-refractivity contribution in [3.8, 4) is 0 Å². The van der Waals surface area contributed by atoms with Crippen LogP contribution in [0.2, 0.25) is 0 Å². The molecule has 1 heterocycles. The standard InChI is InChI=1S/C17H20N4O4/c1-17(2,3)25-16(22)20-15-9-13(14(11-19-15)21(23)24)18-10-12-7-5-4-6-8-12/h4-9,11H,10H2,1-3H3,(H2,18,19,20,22). The number of nitrogens with zero attached hydrogens (tertiary/aromatic N) is 2. The van der Waals surface area contributed by atoms with Gasteiger partial charge in [0.1, 0.15) is 23.3 Å². The maximum atomic E-state index is 11.8. The molecule has 25 heavy (non-hydrogen) atoms. The molecule has 0 aliphatic heterocycles. The van der Waals surface area contributed by atoms with Crippen molar-refractivity contribution in [1.29, 1.82) is 0 Å². The van der Waals surface area contributed by atoms with E-state index in [2.05, 4.69) is 15.6 Å². The Hall–Kier alpha value is -3.16. The van der Waals surface area contributed by atoms with E-state index in [1.165, 1.54) is 6.07 Å². The fourth-order valence-corrected chi connectivity index (χ4v) is 2.00. The van der Waals surface area contributed by atoms with Crippen molar-refractivity contribution in [2.75, 3.05) is 10.6 Å². The normalized spacial score (nSPS) is 10.8. The van der Waals surface area contributed by atoms with Crippen LogP contribution in [-0.4, -0.2) is 21.6 Å². The van der Waals surface area contributed by atoms with Crippen molar-refractivity contribution < 1.29 is 14.5 Å². The predicted octanol–water partition coefficient (Wildman–Crippen LogP) is 3.95. The van der Waals surface area contributed by atoms with E-state index in [4.69, 9.17) is 4.74 Å². The van der Waals surface area contributed by atoms with E-state index in [9.17, 15) is 14.9 Å². The zero-order valence-electron chi connectivity index (χ0n) is 14.3. The number of amides is 1. The number of hydrogen-bond acceptors (Lipinski definition) is 6. The van der Waals surface area contributed by atoms with Gasteiger partial charge in [-0.15, -0.1) is 0 Å². The van der Waals surface area contributed by atoms with Crippen LogP contribution in [0.4, 0.5) is 22.0 Å². The molecule has 0 aliphatic rings. The molecule has 0 atom stereocenters. The molecule has 8 nitrogen and oxygen atoms in total. The third kappa shape index (κ3) is 5.76. The number of carbonyl (C=O) groups excluding carboxylic acids is 1. The van der Waals surface area contributed by atoms with Crippen molar-refractivity contribution in [3.63, 3.8) is 0 Å². The lowest BCUT2D eigenvalue weighted by Crippen LogP contribution is -2.27. The smallest absolute Gasteiger partial charge is 0.413 e. The lowest BCUT2D eigenvalue weighted by Gasteiger charge is -2.19. The Kier molecular flexibility index (Phi) is 5.53. The number of aromatic nitrogens is 1. The first-order valence-corrected chi connectivity index (χ1v) is 7.67. The summed E-state index contributed by atoms with van der Waals surface area (Å²) in [6, 6.07) is 10.9. The first-order valence-electron chi connectivity index (χ1n) is 7.67. The minimum atomic E-state index is -0.678. The molecule has 132 valence electrons. The molecule has 2 N–H and O–H groups in total. The summed E-state index contributed by atoms with van der Waals surface area (Å²) in [4.78, 5) is 26.3. The van der Waals surface area contributed by atoms with Crippen LogP contribution >= 0.6 is 0 Å². The molecule has 0 aliphatic carbocycles. The van der Waals surface area contributed by atoms with Crippen molar-refractivity contribution in [3.05, 3.63) is 58.3 Å². The second kappa shape index (κ2) is 7.61. The number of hydrogen-bond donors (Lipinski definition) is 2. The van der Waals surface area contributed by atoms with Gasteiger partial charge in [-0.1, -0.05) is 30.3 Å². The van der Waals surface area contributed by atoms with Gasteiger partial charge >= 0.3 is 11.8 Å². The Morgan fingerprint density at radius 2 is 1.96 bits per heavy atom. The van der Waals surface area contributed by atoms with Gasteiger partial charge in [0.2, 0.25) is 0 Å². The van der Waals surface area contributed by atoms with Crippen LogP contribution in [0.5, 0.6) is 0 Å². The maximum absolute atomic E-state index is 11.8. The van der Waals surface area contributed by atoms with Gasteiger partial charge in [-0.05, 0) is 26.3 Å². The van der Waals surface area contributed by atoms with Gasteiger partial charge in [0.25, 0.3) is 0 Å². The number of benzene rings is 1. The summed E-state index contributed by atoms with van der Waals surface area (Å²) in [5, 5.41) is 16.6. The van der Waals surface area contributed by atoms with Crippen molar-refractivity contribution >= 4 is 23.3 Å². The summed E-state index contributed by atoms with van der Waals surface area (Å²) in [6.07, 6.45) is 0.419. The summed E-state index contributed by atoms with van der Waals surface area (Å²) in [5.74, 6) is 0.162. The van der Waals surface area contributed by atoms with Gasteiger partial charge in [0.05, 0.1) is 4.92 Å². The molecule has 0 saturated heterocycles. The highest BCUT2D eigenvalue weighted by atomic mass is 16.6. The molecule has 0 bridgehead atoms. The maximum Gasteiger partial charge on any atom is 0.413 e. The third-order valence-corrected chi connectivity index (χ3v) is 3.03. The summed E-state index contributed by atoms with van der Waals surface area (Å²) in [6.45, 7) is 5.62. The Balaban J connectivity index is 2.15. The molecule has 1 aromatic heterocycles. The Bertz CT molecular complexity index is 757.